The first kappa shape index (κ1) is 21.8. The van der Waals surface area contributed by atoms with Crippen LogP contribution in [0.4, 0.5) is 0 Å². The topological polar surface area (TPSA) is 114 Å². The Balaban J connectivity index is 1.99. The monoisotopic (exact) mass is 442 g/mol. The molecule has 1 saturated heterocycles. The zero-order chi connectivity index (χ0) is 23.2. The Kier molecular flexibility index (Phi) is 5.37. The van der Waals surface area contributed by atoms with E-state index in [9.17, 15) is 19.2 Å². The predicted molar refractivity (Wildman–Crippen MR) is 108 cm³/mol. The maximum Gasteiger partial charge on any atom is 0.343 e. The van der Waals surface area contributed by atoms with Crippen LogP contribution >= 0.6 is 0 Å². The fraction of sp³-hybridized carbons (Fsp3) is 0.391. The summed E-state index contributed by atoms with van der Waals surface area (Å²) in [6, 6.07) is 8.95. The Morgan fingerprint density at radius 2 is 1.56 bits per heavy atom. The Hall–Kier alpha value is -3.46. The van der Waals surface area contributed by atoms with E-state index >= 15 is 0 Å². The van der Waals surface area contributed by atoms with E-state index in [4.69, 9.17) is 23.7 Å². The highest BCUT2D eigenvalue weighted by Crippen LogP contribution is 2.67. The lowest BCUT2D eigenvalue weighted by atomic mass is 9.54. The Bertz CT molecular complexity index is 1070. The molecule has 4 atom stereocenters. The molecule has 4 rings (SSSR count). The van der Waals surface area contributed by atoms with Gasteiger partial charge in [-0.15, -0.1) is 0 Å². The number of ether oxygens (including phenoxy) is 5. The Morgan fingerprint density at radius 3 is 2.12 bits per heavy atom. The van der Waals surface area contributed by atoms with E-state index in [2.05, 4.69) is 0 Å². The average molecular weight is 442 g/mol. The molecule has 0 aromatic heterocycles. The first-order chi connectivity index (χ1) is 15.4. The average Bonchev–Trinajstić information content (AvgIpc) is 3.27. The number of fused-ring (bicyclic) bond motifs is 5. The van der Waals surface area contributed by atoms with Crippen molar-refractivity contribution in [2.24, 2.45) is 11.8 Å². The minimum Gasteiger partial charge on any atom is -0.467 e. The zero-order valence-corrected chi connectivity index (χ0v) is 18.0. The highest BCUT2D eigenvalue weighted by Gasteiger charge is 2.77. The maximum atomic E-state index is 13.2. The van der Waals surface area contributed by atoms with Gasteiger partial charge in [-0.2, -0.15) is 0 Å². The van der Waals surface area contributed by atoms with Gasteiger partial charge in [0.1, 0.15) is 6.10 Å². The van der Waals surface area contributed by atoms with Gasteiger partial charge in [0.15, 0.2) is 0 Å². The van der Waals surface area contributed by atoms with E-state index in [-0.39, 0.29) is 17.8 Å². The van der Waals surface area contributed by atoms with E-state index in [1.165, 1.54) is 0 Å². The van der Waals surface area contributed by atoms with E-state index < -0.39 is 47.4 Å². The summed E-state index contributed by atoms with van der Waals surface area (Å²) in [4.78, 5) is 51.6. The number of carbonyl (C=O) groups is 4. The van der Waals surface area contributed by atoms with Gasteiger partial charge in [0.05, 0.1) is 39.1 Å². The van der Waals surface area contributed by atoms with Crippen LogP contribution in [0.5, 0.6) is 0 Å². The molecule has 1 aromatic carbocycles. The number of hydrogen-bond donors (Lipinski definition) is 0. The SMILES string of the molecule is CCOC(=O)C1=C(c2ccccc2)C2C1C1OC2(C(=O)OC)C(C(=O)OC)=C1C(=O)OC. The second-order valence-corrected chi connectivity index (χ2v) is 7.45. The molecule has 2 heterocycles. The van der Waals surface area contributed by atoms with Gasteiger partial charge in [0.2, 0.25) is 5.60 Å². The minimum atomic E-state index is -1.96. The van der Waals surface area contributed by atoms with Crippen LogP contribution in [0.25, 0.3) is 5.57 Å². The van der Waals surface area contributed by atoms with Crippen LogP contribution < -0.4 is 0 Å². The molecule has 2 bridgehead atoms. The zero-order valence-electron chi connectivity index (χ0n) is 18.0. The second-order valence-electron chi connectivity index (χ2n) is 7.45. The number of hydrogen-bond acceptors (Lipinski definition) is 9. The summed E-state index contributed by atoms with van der Waals surface area (Å²) in [5.74, 6) is -4.67. The number of carbonyl (C=O) groups excluding carboxylic acids is 4. The third-order valence-corrected chi connectivity index (χ3v) is 6.16. The van der Waals surface area contributed by atoms with Gasteiger partial charge in [-0.25, -0.2) is 19.2 Å². The van der Waals surface area contributed by atoms with Gasteiger partial charge in [0.25, 0.3) is 0 Å². The molecule has 4 unspecified atom stereocenters. The fourth-order valence-corrected chi connectivity index (χ4v) is 5.05. The third-order valence-electron chi connectivity index (χ3n) is 6.16. The van der Waals surface area contributed by atoms with Crippen LogP contribution in [0.3, 0.4) is 0 Å². The van der Waals surface area contributed by atoms with Crippen LogP contribution in [-0.2, 0) is 42.9 Å². The van der Waals surface area contributed by atoms with E-state index in [1.54, 1.807) is 31.2 Å². The lowest BCUT2D eigenvalue weighted by Crippen LogP contribution is -2.55. The summed E-state index contributed by atoms with van der Waals surface area (Å²) in [6.07, 6.45) is -1.08. The summed E-state index contributed by atoms with van der Waals surface area (Å²) in [6.45, 7) is 1.82. The molecular formula is C23H22O9. The quantitative estimate of drug-likeness (QED) is 0.474. The third kappa shape index (κ3) is 2.67. The Labute approximate surface area is 183 Å². The molecule has 0 amide bonds. The maximum absolute atomic E-state index is 13.2. The summed E-state index contributed by atoms with van der Waals surface area (Å²) in [5, 5.41) is 0. The molecule has 0 saturated carbocycles. The molecule has 168 valence electrons. The molecule has 0 radical (unpaired) electrons. The smallest absolute Gasteiger partial charge is 0.343 e. The molecule has 2 aliphatic heterocycles. The molecule has 0 spiro atoms. The van der Waals surface area contributed by atoms with Crippen molar-refractivity contribution in [1.29, 1.82) is 0 Å². The molecule has 0 N–H and O–H groups in total. The van der Waals surface area contributed by atoms with Gasteiger partial charge >= 0.3 is 23.9 Å². The van der Waals surface area contributed by atoms with Crippen molar-refractivity contribution in [1.82, 2.24) is 0 Å². The first-order valence-electron chi connectivity index (χ1n) is 10.0. The largest absolute Gasteiger partial charge is 0.467 e. The number of esters is 4. The first-order valence-corrected chi connectivity index (χ1v) is 10.0. The van der Waals surface area contributed by atoms with Crippen LogP contribution in [0.15, 0.2) is 47.1 Å². The van der Waals surface area contributed by atoms with Gasteiger partial charge in [-0.3, -0.25) is 0 Å². The van der Waals surface area contributed by atoms with Crippen LogP contribution in [0, 0.1) is 11.8 Å². The molecule has 1 aromatic rings. The number of rotatable bonds is 6. The molecule has 32 heavy (non-hydrogen) atoms. The molecular weight excluding hydrogens is 420 g/mol. The Morgan fingerprint density at radius 1 is 0.906 bits per heavy atom. The van der Waals surface area contributed by atoms with E-state index in [1.807, 2.05) is 6.07 Å². The van der Waals surface area contributed by atoms with Crippen molar-refractivity contribution in [2.75, 3.05) is 27.9 Å². The van der Waals surface area contributed by atoms with Crippen molar-refractivity contribution in [3.63, 3.8) is 0 Å². The van der Waals surface area contributed by atoms with Crippen LogP contribution in [0.1, 0.15) is 12.5 Å². The van der Waals surface area contributed by atoms with E-state index in [0.717, 1.165) is 21.3 Å². The summed E-state index contributed by atoms with van der Waals surface area (Å²) >= 11 is 0. The second kappa shape index (κ2) is 7.90. The summed E-state index contributed by atoms with van der Waals surface area (Å²) in [7, 11) is 3.44. The van der Waals surface area contributed by atoms with Crippen molar-refractivity contribution < 1.29 is 42.9 Å². The summed E-state index contributed by atoms with van der Waals surface area (Å²) in [5.41, 5.74) is -0.903. The molecule has 9 nitrogen and oxygen atoms in total. The summed E-state index contributed by atoms with van der Waals surface area (Å²) < 4.78 is 26.1. The standard InChI is InChI=1S/C23H22O9/c1-5-31-20(25)13-12(11-9-7-6-8-10-11)16-14(13)18-15(19(24)28-2)17(21(26)29-3)23(16,32-18)22(27)30-4/h6-10,14,16,18H,5H2,1-4H3. The highest BCUT2D eigenvalue weighted by molar-refractivity contribution is 6.15. The van der Waals surface area contributed by atoms with Crippen LogP contribution in [0.2, 0.25) is 0 Å². The van der Waals surface area contributed by atoms with Gasteiger partial charge in [-0.05, 0) is 18.1 Å². The number of benzene rings is 1. The van der Waals surface area contributed by atoms with Crippen molar-refractivity contribution in [3.8, 4) is 0 Å². The van der Waals surface area contributed by atoms with Crippen molar-refractivity contribution in [3.05, 3.63) is 52.6 Å². The molecule has 3 aliphatic rings. The van der Waals surface area contributed by atoms with Crippen LogP contribution in [-0.4, -0.2) is 63.5 Å². The normalized spacial score (nSPS) is 27.4. The molecule has 1 aliphatic carbocycles. The van der Waals surface area contributed by atoms with Gasteiger partial charge in [0, 0.05) is 17.4 Å². The van der Waals surface area contributed by atoms with Gasteiger partial charge < -0.3 is 23.7 Å². The minimum absolute atomic E-state index is 0.141. The lowest BCUT2D eigenvalue weighted by Gasteiger charge is -2.45. The van der Waals surface area contributed by atoms with Gasteiger partial charge in [-0.1, -0.05) is 30.3 Å². The van der Waals surface area contributed by atoms with Crippen molar-refractivity contribution in [2.45, 2.75) is 18.6 Å². The number of methoxy groups -OCH3 is 3. The molecule has 1 fully saturated rings. The van der Waals surface area contributed by atoms with E-state index in [0.29, 0.717) is 16.7 Å². The predicted octanol–water partition coefficient (Wildman–Crippen LogP) is 1.22. The van der Waals surface area contributed by atoms with Crippen molar-refractivity contribution >= 4 is 29.5 Å². The lowest BCUT2D eigenvalue weighted by molar-refractivity contribution is -0.164. The molecule has 9 heteroatoms. The highest BCUT2D eigenvalue weighted by atomic mass is 16.6. The fourth-order valence-electron chi connectivity index (χ4n) is 5.05.